The number of hydrogen-bond donors (Lipinski definition) is 1. The zero-order chi connectivity index (χ0) is 14.5. The molecule has 0 radical (unpaired) electrons. The molecule has 0 spiro atoms. The summed E-state index contributed by atoms with van der Waals surface area (Å²) in [5.41, 5.74) is 6.12. The van der Waals surface area contributed by atoms with Gasteiger partial charge in [0.15, 0.2) is 5.96 Å². The Morgan fingerprint density at radius 3 is 2.85 bits per heavy atom. The normalized spacial score (nSPS) is 31.4. The van der Waals surface area contributed by atoms with Crippen molar-refractivity contribution in [3.63, 3.8) is 0 Å². The van der Waals surface area contributed by atoms with Crippen LogP contribution in [0.4, 0.5) is 0 Å². The largest absolute Gasteiger partial charge is 0.375 e. The van der Waals surface area contributed by atoms with Crippen LogP contribution in [0.25, 0.3) is 0 Å². The Morgan fingerprint density at radius 2 is 2.15 bits per heavy atom. The van der Waals surface area contributed by atoms with Crippen LogP contribution in [-0.4, -0.2) is 67.2 Å². The van der Waals surface area contributed by atoms with Gasteiger partial charge in [-0.1, -0.05) is 6.92 Å². The van der Waals surface area contributed by atoms with Gasteiger partial charge in [-0.15, -0.1) is 0 Å². The van der Waals surface area contributed by atoms with E-state index in [0.717, 1.165) is 32.2 Å². The second-order valence-electron chi connectivity index (χ2n) is 6.42. The molecule has 2 N–H and O–H groups in total. The van der Waals surface area contributed by atoms with Crippen LogP contribution in [-0.2, 0) is 4.74 Å². The van der Waals surface area contributed by atoms with Crippen LogP contribution < -0.4 is 5.73 Å². The summed E-state index contributed by atoms with van der Waals surface area (Å²) in [6.45, 7) is 12.3. The predicted octanol–water partition coefficient (Wildman–Crippen LogP) is 1.14. The molecule has 0 aromatic rings. The van der Waals surface area contributed by atoms with Gasteiger partial charge < -0.3 is 15.4 Å². The average Bonchev–Trinajstić information content (AvgIpc) is 2.44. The molecule has 2 saturated heterocycles. The van der Waals surface area contributed by atoms with Gasteiger partial charge in [0, 0.05) is 25.7 Å². The molecule has 0 saturated carbocycles. The number of guanidine groups is 1. The molecule has 0 aliphatic carbocycles. The monoisotopic (exact) mass is 282 g/mol. The highest BCUT2D eigenvalue weighted by molar-refractivity contribution is 5.78. The highest BCUT2D eigenvalue weighted by atomic mass is 16.5. The third-order valence-corrected chi connectivity index (χ3v) is 4.39. The number of morpholine rings is 1. The minimum Gasteiger partial charge on any atom is -0.375 e. The van der Waals surface area contributed by atoms with E-state index in [1.807, 2.05) is 0 Å². The van der Waals surface area contributed by atoms with Crippen LogP contribution in [0.2, 0.25) is 0 Å². The quantitative estimate of drug-likeness (QED) is 0.623. The number of hydrogen-bond acceptors (Lipinski definition) is 3. The Bertz CT molecular complexity index is 334. The molecule has 2 heterocycles. The van der Waals surface area contributed by atoms with E-state index in [4.69, 9.17) is 10.5 Å². The first kappa shape index (κ1) is 15.6. The van der Waals surface area contributed by atoms with Gasteiger partial charge >= 0.3 is 0 Å². The molecule has 3 unspecified atom stereocenters. The van der Waals surface area contributed by atoms with Crippen molar-refractivity contribution in [1.82, 2.24) is 9.80 Å². The molecule has 20 heavy (non-hydrogen) atoms. The highest BCUT2D eigenvalue weighted by Crippen LogP contribution is 2.17. The van der Waals surface area contributed by atoms with Gasteiger partial charge in [0.1, 0.15) is 0 Å². The lowest BCUT2D eigenvalue weighted by molar-refractivity contribution is 0.00524. The summed E-state index contributed by atoms with van der Waals surface area (Å²) in [5.74, 6) is 1.49. The van der Waals surface area contributed by atoms with Crippen molar-refractivity contribution in [2.75, 3.05) is 39.3 Å². The van der Waals surface area contributed by atoms with E-state index >= 15 is 0 Å². The summed E-state index contributed by atoms with van der Waals surface area (Å²) in [6.07, 6.45) is 2.92. The minimum absolute atomic E-state index is 0.248. The summed E-state index contributed by atoms with van der Waals surface area (Å²) in [4.78, 5) is 9.29. The van der Waals surface area contributed by atoms with Crippen molar-refractivity contribution < 1.29 is 4.74 Å². The second-order valence-corrected chi connectivity index (χ2v) is 6.42. The topological polar surface area (TPSA) is 54.1 Å². The van der Waals surface area contributed by atoms with Crippen LogP contribution in [0.5, 0.6) is 0 Å². The lowest BCUT2D eigenvalue weighted by atomic mass is 9.99. The van der Waals surface area contributed by atoms with Crippen molar-refractivity contribution in [2.24, 2.45) is 16.6 Å². The standard InChI is InChI=1S/C15H30N4O/c1-12-5-4-6-18(10-12)13(2)9-17-15(16)19-7-8-20-14(3)11-19/h12-14H,4-11H2,1-3H3,(H2,16,17). The highest BCUT2D eigenvalue weighted by Gasteiger charge is 2.21. The Kier molecular flexibility index (Phi) is 5.66. The van der Waals surface area contributed by atoms with Crippen molar-refractivity contribution in [2.45, 2.75) is 45.8 Å². The Morgan fingerprint density at radius 1 is 1.35 bits per heavy atom. The maximum atomic E-state index is 6.12. The van der Waals surface area contributed by atoms with Gasteiger partial charge in [0.2, 0.25) is 0 Å². The molecule has 0 amide bonds. The zero-order valence-corrected chi connectivity index (χ0v) is 13.2. The van der Waals surface area contributed by atoms with Crippen LogP contribution >= 0.6 is 0 Å². The number of rotatable bonds is 3. The number of aliphatic imine (C=N–C) groups is 1. The van der Waals surface area contributed by atoms with E-state index in [0.29, 0.717) is 12.0 Å². The molecule has 2 aliphatic rings. The fraction of sp³-hybridized carbons (Fsp3) is 0.933. The van der Waals surface area contributed by atoms with Crippen LogP contribution in [0, 0.1) is 5.92 Å². The first-order valence-corrected chi connectivity index (χ1v) is 7.96. The van der Waals surface area contributed by atoms with Crippen molar-refractivity contribution in [1.29, 1.82) is 0 Å². The third kappa shape index (κ3) is 4.35. The Hall–Kier alpha value is -0.810. The molecular weight excluding hydrogens is 252 g/mol. The van der Waals surface area contributed by atoms with Crippen molar-refractivity contribution >= 4 is 5.96 Å². The number of ether oxygens (including phenoxy) is 1. The lowest BCUT2D eigenvalue weighted by Crippen LogP contribution is -2.48. The SMILES string of the molecule is CC1CCCN(C(C)CN=C(N)N2CCOC(C)C2)C1. The summed E-state index contributed by atoms with van der Waals surface area (Å²) < 4.78 is 5.53. The molecule has 0 bridgehead atoms. The first-order valence-electron chi connectivity index (χ1n) is 7.96. The number of nitrogens with two attached hydrogens (primary N) is 1. The van der Waals surface area contributed by atoms with Gasteiger partial charge in [-0.2, -0.15) is 0 Å². The molecule has 2 fully saturated rings. The fourth-order valence-electron chi connectivity index (χ4n) is 3.09. The molecule has 2 aliphatic heterocycles. The summed E-state index contributed by atoms with van der Waals surface area (Å²) in [7, 11) is 0. The molecular formula is C15H30N4O. The van der Waals surface area contributed by atoms with E-state index in [9.17, 15) is 0 Å². The van der Waals surface area contributed by atoms with Gasteiger partial charge in [-0.05, 0) is 39.2 Å². The molecule has 5 nitrogen and oxygen atoms in total. The molecule has 0 aromatic carbocycles. The van der Waals surface area contributed by atoms with Gasteiger partial charge in [0.05, 0.1) is 19.3 Å². The van der Waals surface area contributed by atoms with E-state index in [1.165, 1.54) is 25.9 Å². The maximum absolute atomic E-state index is 6.12. The number of likely N-dealkylation sites (tertiary alicyclic amines) is 1. The summed E-state index contributed by atoms with van der Waals surface area (Å²) >= 11 is 0. The molecule has 0 aromatic heterocycles. The van der Waals surface area contributed by atoms with Crippen LogP contribution in [0.15, 0.2) is 4.99 Å². The summed E-state index contributed by atoms with van der Waals surface area (Å²) in [6, 6.07) is 0.481. The minimum atomic E-state index is 0.248. The predicted molar refractivity (Wildman–Crippen MR) is 82.9 cm³/mol. The van der Waals surface area contributed by atoms with Gasteiger partial charge in [0.25, 0.3) is 0 Å². The van der Waals surface area contributed by atoms with Crippen LogP contribution in [0.3, 0.4) is 0 Å². The van der Waals surface area contributed by atoms with Gasteiger partial charge in [-0.3, -0.25) is 9.89 Å². The fourth-order valence-corrected chi connectivity index (χ4v) is 3.09. The molecule has 116 valence electrons. The van der Waals surface area contributed by atoms with Crippen molar-refractivity contribution in [3.8, 4) is 0 Å². The number of piperidine rings is 1. The molecule has 2 rings (SSSR count). The summed E-state index contributed by atoms with van der Waals surface area (Å²) in [5, 5.41) is 0. The zero-order valence-electron chi connectivity index (χ0n) is 13.2. The van der Waals surface area contributed by atoms with E-state index in [1.54, 1.807) is 0 Å². The van der Waals surface area contributed by atoms with E-state index in [2.05, 4.69) is 35.6 Å². The molecule has 5 heteroatoms. The molecule has 3 atom stereocenters. The maximum Gasteiger partial charge on any atom is 0.191 e. The Balaban J connectivity index is 1.81. The second kappa shape index (κ2) is 7.27. The number of nitrogens with zero attached hydrogens (tertiary/aromatic N) is 3. The van der Waals surface area contributed by atoms with E-state index < -0.39 is 0 Å². The van der Waals surface area contributed by atoms with Gasteiger partial charge in [-0.25, -0.2) is 0 Å². The third-order valence-electron chi connectivity index (χ3n) is 4.39. The van der Waals surface area contributed by atoms with Crippen molar-refractivity contribution in [3.05, 3.63) is 0 Å². The first-order chi connectivity index (χ1) is 9.56. The van der Waals surface area contributed by atoms with E-state index in [-0.39, 0.29) is 6.10 Å². The lowest BCUT2D eigenvalue weighted by Gasteiger charge is -2.35. The Labute approximate surface area is 123 Å². The average molecular weight is 282 g/mol. The smallest absolute Gasteiger partial charge is 0.191 e. The van der Waals surface area contributed by atoms with Crippen LogP contribution in [0.1, 0.15) is 33.6 Å².